The topological polar surface area (TPSA) is 66.9 Å². The molecule has 2 aromatic carbocycles. The van der Waals surface area contributed by atoms with Crippen molar-refractivity contribution in [2.24, 2.45) is 0 Å². The summed E-state index contributed by atoms with van der Waals surface area (Å²) in [6.45, 7) is 2.32. The molecular formula is C19H17ClN4O. The number of nitrogens with zero attached hydrogens (tertiary/aromatic N) is 2. The Labute approximate surface area is 151 Å². The molecule has 0 fully saturated rings. The van der Waals surface area contributed by atoms with Gasteiger partial charge in [-0.25, -0.2) is 9.97 Å². The monoisotopic (exact) mass is 352 g/mol. The third-order valence-corrected chi connectivity index (χ3v) is 4.05. The molecule has 1 heterocycles. The highest BCUT2D eigenvalue weighted by Gasteiger charge is 2.10. The van der Waals surface area contributed by atoms with Crippen molar-refractivity contribution in [1.29, 1.82) is 0 Å². The third-order valence-electron chi connectivity index (χ3n) is 3.68. The van der Waals surface area contributed by atoms with Gasteiger partial charge in [-0.05, 0) is 36.2 Å². The highest BCUT2D eigenvalue weighted by Crippen LogP contribution is 2.17. The fourth-order valence-corrected chi connectivity index (χ4v) is 2.49. The predicted octanol–water partition coefficient (Wildman–Crippen LogP) is 4.11. The van der Waals surface area contributed by atoms with Crippen molar-refractivity contribution in [3.05, 3.63) is 82.6 Å². The summed E-state index contributed by atoms with van der Waals surface area (Å²) in [5.74, 6) is 0.0925. The molecule has 0 bridgehead atoms. The lowest BCUT2D eigenvalue weighted by molar-refractivity contribution is 0.0946. The van der Waals surface area contributed by atoms with Crippen LogP contribution in [0.25, 0.3) is 0 Å². The van der Waals surface area contributed by atoms with Crippen LogP contribution < -0.4 is 10.6 Å². The van der Waals surface area contributed by atoms with Gasteiger partial charge in [0.25, 0.3) is 5.91 Å². The summed E-state index contributed by atoms with van der Waals surface area (Å²) in [6.07, 6.45) is 1.55. The molecule has 0 aliphatic heterocycles. The van der Waals surface area contributed by atoms with E-state index in [1.165, 1.54) is 0 Å². The lowest BCUT2D eigenvalue weighted by Gasteiger charge is -2.09. The summed E-state index contributed by atoms with van der Waals surface area (Å²) < 4.78 is 0. The molecular weight excluding hydrogens is 336 g/mol. The molecule has 0 aliphatic carbocycles. The van der Waals surface area contributed by atoms with Crippen molar-refractivity contribution in [2.75, 3.05) is 5.32 Å². The lowest BCUT2D eigenvalue weighted by Crippen LogP contribution is -2.24. The average molecular weight is 353 g/mol. The number of hydrogen-bond donors (Lipinski definition) is 2. The number of aromatic nitrogens is 2. The zero-order valence-electron chi connectivity index (χ0n) is 13.7. The molecule has 0 saturated carbocycles. The Morgan fingerprint density at radius 1 is 1.08 bits per heavy atom. The summed E-state index contributed by atoms with van der Waals surface area (Å²) in [6, 6.07) is 16.8. The number of halogens is 1. The predicted molar refractivity (Wildman–Crippen MR) is 99.1 cm³/mol. The van der Waals surface area contributed by atoms with E-state index in [1.807, 2.05) is 49.4 Å². The van der Waals surface area contributed by atoms with Gasteiger partial charge in [0.2, 0.25) is 5.95 Å². The van der Waals surface area contributed by atoms with Gasteiger partial charge >= 0.3 is 0 Å². The fraction of sp³-hybridized carbons (Fsp3) is 0.105. The van der Waals surface area contributed by atoms with Crippen molar-refractivity contribution in [3.8, 4) is 0 Å². The van der Waals surface area contributed by atoms with Gasteiger partial charge in [0, 0.05) is 23.5 Å². The Kier molecular flexibility index (Phi) is 5.26. The number of benzene rings is 2. The van der Waals surface area contributed by atoms with Crippen LogP contribution in [0.2, 0.25) is 5.02 Å². The van der Waals surface area contributed by atoms with E-state index in [2.05, 4.69) is 20.6 Å². The average Bonchev–Trinajstić information content (AvgIpc) is 2.63. The molecule has 0 unspecified atom stereocenters. The highest BCUT2D eigenvalue weighted by molar-refractivity contribution is 6.31. The van der Waals surface area contributed by atoms with Gasteiger partial charge in [-0.3, -0.25) is 4.79 Å². The molecule has 5 nitrogen and oxygen atoms in total. The van der Waals surface area contributed by atoms with E-state index in [0.29, 0.717) is 17.5 Å². The summed E-state index contributed by atoms with van der Waals surface area (Å²) in [5.41, 5.74) is 3.11. The second-order valence-electron chi connectivity index (χ2n) is 5.48. The summed E-state index contributed by atoms with van der Waals surface area (Å²) in [5, 5.41) is 6.56. The van der Waals surface area contributed by atoms with Crippen LogP contribution in [0.3, 0.4) is 0 Å². The maximum Gasteiger partial charge on any atom is 0.270 e. The zero-order chi connectivity index (χ0) is 17.6. The van der Waals surface area contributed by atoms with E-state index in [9.17, 15) is 4.79 Å². The van der Waals surface area contributed by atoms with Crippen molar-refractivity contribution < 1.29 is 4.79 Å². The molecule has 0 saturated heterocycles. The van der Waals surface area contributed by atoms with Crippen molar-refractivity contribution in [3.63, 3.8) is 0 Å². The second-order valence-corrected chi connectivity index (χ2v) is 5.89. The Hall–Kier alpha value is -2.92. The van der Waals surface area contributed by atoms with Gasteiger partial charge in [0.05, 0.1) is 0 Å². The number of hydrogen-bond acceptors (Lipinski definition) is 4. The molecule has 0 atom stereocenters. The lowest BCUT2D eigenvalue weighted by atomic mass is 10.2. The van der Waals surface area contributed by atoms with Crippen LogP contribution in [0.15, 0.2) is 60.8 Å². The molecule has 126 valence electrons. The molecule has 1 aromatic heterocycles. The van der Waals surface area contributed by atoms with Crippen LogP contribution in [0.4, 0.5) is 11.6 Å². The third kappa shape index (κ3) is 4.33. The number of aryl methyl sites for hydroxylation is 1. The summed E-state index contributed by atoms with van der Waals surface area (Å²) in [7, 11) is 0. The van der Waals surface area contributed by atoms with E-state index in [4.69, 9.17) is 11.6 Å². The van der Waals surface area contributed by atoms with Gasteiger partial charge in [-0.1, -0.05) is 48.0 Å². The SMILES string of the molecule is Cc1ccccc1Nc1nccc(C(=O)NCc2ccccc2Cl)n1. The first kappa shape index (κ1) is 16.9. The first-order chi connectivity index (χ1) is 12.1. The Morgan fingerprint density at radius 3 is 2.64 bits per heavy atom. The molecule has 3 rings (SSSR count). The number of carbonyl (C=O) groups is 1. The summed E-state index contributed by atoms with van der Waals surface area (Å²) in [4.78, 5) is 20.8. The van der Waals surface area contributed by atoms with Gasteiger partial charge in [0.15, 0.2) is 0 Å². The standard InChI is InChI=1S/C19H17ClN4O/c1-13-6-2-5-9-16(13)23-19-21-11-10-17(24-19)18(25)22-12-14-7-3-4-8-15(14)20/h2-11H,12H2,1H3,(H,22,25)(H,21,23,24). The smallest absolute Gasteiger partial charge is 0.270 e. The number of para-hydroxylation sites is 1. The maximum absolute atomic E-state index is 12.3. The van der Waals surface area contributed by atoms with E-state index < -0.39 is 0 Å². The molecule has 1 amide bonds. The van der Waals surface area contributed by atoms with E-state index in [-0.39, 0.29) is 11.6 Å². The second kappa shape index (κ2) is 7.77. The Balaban J connectivity index is 1.69. The van der Waals surface area contributed by atoms with Crippen LogP contribution >= 0.6 is 11.6 Å². The largest absolute Gasteiger partial charge is 0.347 e. The quantitative estimate of drug-likeness (QED) is 0.725. The van der Waals surface area contributed by atoms with Crippen LogP contribution in [0, 0.1) is 6.92 Å². The number of carbonyl (C=O) groups excluding carboxylic acids is 1. The number of rotatable bonds is 5. The molecule has 6 heteroatoms. The minimum Gasteiger partial charge on any atom is -0.347 e. The summed E-state index contributed by atoms with van der Waals surface area (Å²) >= 11 is 6.10. The van der Waals surface area contributed by atoms with E-state index in [0.717, 1.165) is 16.8 Å². The first-order valence-electron chi connectivity index (χ1n) is 7.81. The molecule has 2 N–H and O–H groups in total. The molecule has 25 heavy (non-hydrogen) atoms. The van der Waals surface area contributed by atoms with Crippen LogP contribution in [0.1, 0.15) is 21.6 Å². The van der Waals surface area contributed by atoms with Gasteiger partial charge in [-0.2, -0.15) is 0 Å². The molecule has 3 aromatic rings. The van der Waals surface area contributed by atoms with Gasteiger partial charge in [0.1, 0.15) is 5.69 Å². The first-order valence-corrected chi connectivity index (χ1v) is 8.18. The van der Waals surface area contributed by atoms with E-state index in [1.54, 1.807) is 18.3 Å². The highest BCUT2D eigenvalue weighted by atomic mass is 35.5. The van der Waals surface area contributed by atoms with Gasteiger partial charge < -0.3 is 10.6 Å². The maximum atomic E-state index is 12.3. The van der Waals surface area contributed by atoms with Crippen molar-refractivity contribution in [1.82, 2.24) is 15.3 Å². The number of amides is 1. The van der Waals surface area contributed by atoms with Crippen LogP contribution in [-0.4, -0.2) is 15.9 Å². The molecule has 0 radical (unpaired) electrons. The zero-order valence-corrected chi connectivity index (χ0v) is 14.4. The van der Waals surface area contributed by atoms with Crippen molar-refractivity contribution >= 4 is 29.1 Å². The fourth-order valence-electron chi connectivity index (χ4n) is 2.29. The van der Waals surface area contributed by atoms with Gasteiger partial charge in [-0.15, -0.1) is 0 Å². The minimum absolute atomic E-state index is 0.282. The Morgan fingerprint density at radius 2 is 1.84 bits per heavy atom. The molecule has 0 spiro atoms. The van der Waals surface area contributed by atoms with Crippen LogP contribution in [0.5, 0.6) is 0 Å². The van der Waals surface area contributed by atoms with Crippen LogP contribution in [-0.2, 0) is 6.54 Å². The van der Waals surface area contributed by atoms with Crippen molar-refractivity contribution in [2.45, 2.75) is 13.5 Å². The number of anilines is 2. The molecule has 0 aliphatic rings. The normalized spacial score (nSPS) is 10.3. The van der Waals surface area contributed by atoms with E-state index >= 15 is 0 Å². The number of nitrogens with one attached hydrogen (secondary N) is 2. The minimum atomic E-state index is -0.282. The Bertz CT molecular complexity index is 898.